The van der Waals surface area contributed by atoms with Gasteiger partial charge in [-0.1, -0.05) is 104 Å². The van der Waals surface area contributed by atoms with Gasteiger partial charge in [0, 0.05) is 37.2 Å². The van der Waals surface area contributed by atoms with Gasteiger partial charge in [-0.15, -0.1) is 0 Å². The summed E-state index contributed by atoms with van der Waals surface area (Å²) in [5.41, 5.74) is 0.312. The maximum absolute atomic E-state index is 16.8. The van der Waals surface area contributed by atoms with Gasteiger partial charge in [0.2, 0.25) is 11.8 Å². The Morgan fingerprint density at radius 2 is 1.42 bits per heavy atom. The number of carbonyl (C=O) groups is 6. The molecule has 1 N–H and O–H groups in total. The van der Waals surface area contributed by atoms with E-state index in [0.717, 1.165) is 38.4 Å². The number of anilines is 1. The average molecular weight is 1030 g/mol. The molecule has 6 atom stereocenters. The lowest BCUT2D eigenvalue weighted by Crippen LogP contribution is -2.56. The number of fused-ring (bicyclic) bond motifs is 3. The van der Waals surface area contributed by atoms with E-state index < -0.39 is 88.8 Å². The van der Waals surface area contributed by atoms with E-state index in [1.54, 1.807) is 41.3 Å². The Bertz CT molecular complexity index is 3030. The maximum atomic E-state index is 16.8. The third-order valence-corrected chi connectivity index (χ3v) is 14.7. The molecule has 3 fully saturated rings. The first-order valence-electron chi connectivity index (χ1n) is 25.2. The molecule has 18 heteroatoms. The number of esters is 3. The van der Waals surface area contributed by atoms with Crippen LogP contribution in [0.4, 0.5) is 16.2 Å². The number of imide groups is 1. The first-order chi connectivity index (χ1) is 36.9. The Hall–Kier alpha value is -8.40. The van der Waals surface area contributed by atoms with Gasteiger partial charge in [-0.2, -0.15) is 0 Å². The number of morpholine rings is 1. The number of amides is 3. The Morgan fingerprint density at radius 1 is 0.789 bits per heavy atom. The number of nitrogens with zero attached hydrogens (tertiary/aromatic N) is 4. The number of ether oxygens (including phenoxy) is 5. The second-order valence-electron chi connectivity index (χ2n) is 19.0. The van der Waals surface area contributed by atoms with Gasteiger partial charge in [-0.25, -0.2) is 9.69 Å². The number of hydrogen-bond acceptors (Lipinski definition) is 15. The number of nitro benzene ring substituents is 1. The first-order valence-corrected chi connectivity index (χ1v) is 25.2. The monoisotopic (exact) mass is 1030 g/mol. The highest BCUT2D eigenvalue weighted by molar-refractivity contribution is 6.23. The smallest absolute Gasteiger partial charge is 0.421 e. The van der Waals surface area contributed by atoms with Crippen molar-refractivity contribution in [3.05, 3.63) is 171 Å². The van der Waals surface area contributed by atoms with Crippen LogP contribution in [-0.4, -0.2) is 102 Å². The van der Waals surface area contributed by atoms with E-state index >= 15 is 14.4 Å². The third kappa shape index (κ3) is 9.98. The molecule has 5 aromatic rings. The number of non-ortho nitro benzene ring substituents is 1. The summed E-state index contributed by atoms with van der Waals surface area (Å²) in [6.07, 6.45) is 1.58. The molecule has 0 bridgehead atoms. The fourth-order valence-corrected chi connectivity index (χ4v) is 11.2. The highest BCUT2D eigenvalue weighted by atomic mass is 16.6. The van der Waals surface area contributed by atoms with Crippen molar-refractivity contribution < 1.29 is 62.5 Å². The van der Waals surface area contributed by atoms with Gasteiger partial charge in [0.05, 0.1) is 49.4 Å². The van der Waals surface area contributed by atoms with E-state index in [-0.39, 0.29) is 42.1 Å². The number of rotatable bonds is 13. The number of cyclic esters (lactones) is 1. The van der Waals surface area contributed by atoms with E-state index in [4.69, 9.17) is 23.7 Å². The molecule has 1 spiro atoms. The van der Waals surface area contributed by atoms with Crippen molar-refractivity contribution in [2.75, 3.05) is 45.4 Å². The van der Waals surface area contributed by atoms with Crippen molar-refractivity contribution in [1.82, 2.24) is 9.80 Å². The van der Waals surface area contributed by atoms with Crippen molar-refractivity contribution in [3.8, 4) is 17.6 Å². The van der Waals surface area contributed by atoms with Crippen LogP contribution in [0.25, 0.3) is 0 Å². The predicted molar refractivity (Wildman–Crippen MR) is 273 cm³/mol. The molecule has 0 aliphatic carbocycles. The van der Waals surface area contributed by atoms with Crippen LogP contribution in [0.15, 0.2) is 127 Å². The zero-order valence-corrected chi connectivity index (χ0v) is 41.9. The summed E-state index contributed by atoms with van der Waals surface area (Å²) < 4.78 is 28.1. The van der Waals surface area contributed by atoms with Gasteiger partial charge >= 0.3 is 24.0 Å². The largest absolute Gasteiger partial charge is 0.491 e. The summed E-state index contributed by atoms with van der Waals surface area (Å²) in [4.78, 5) is 105. The van der Waals surface area contributed by atoms with Crippen LogP contribution >= 0.6 is 0 Å². The summed E-state index contributed by atoms with van der Waals surface area (Å²) in [6.45, 7) is -0.0136. The second-order valence-corrected chi connectivity index (χ2v) is 19.0. The molecule has 0 aromatic heterocycles. The summed E-state index contributed by atoms with van der Waals surface area (Å²) in [5.74, 6) is -0.504. The first kappa shape index (κ1) is 52.5. The molecule has 3 saturated heterocycles. The third-order valence-electron chi connectivity index (χ3n) is 14.7. The number of hydrogen-bond donors (Lipinski definition) is 1. The molecule has 4 aliphatic rings. The van der Waals surface area contributed by atoms with Crippen molar-refractivity contribution in [2.24, 2.45) is 11.8 Å². The number of likely N-dealkylation sites (tertiary alicyclic amines) is 1. The summed E-state index contributed by atoms with van der Waals surface area (Å²) >= 11 is 0. The normalized spacial score (nSPS) is 22.0. The van der Waals surface area contributed by atoms with E-state index in [1.165, 1.54) is 30.3 Å². The molecule has 5 aromatic carbocycles. The summed E-state index contributed by atoms with van der Waals surface area (Å²) in [6, 6.07) is 31.9. The van der Waals surface area contributed by atoms with Gasteiger partial charge < -0.3 is 33.7 Å². The number of aliphatic hydroxyl groups is 1. The zero-order chi connectivity index (χ0) is 53.5. The zero-order valence-electron chi connectivity index (χ0n) is 41.9. The number of benzene rings is 5. The number of carbonyl (C=O) groups excluding carboxylic acids is 6. The minimum Gasteiger partial charge on any atom is -0.491 e. The predicted octanol–water partition coefficient (Wildman–Crippen LogP) is 7.46. The lowest BCUT2D eigenvalue weighted by molar-refractivity contribution is -0.384. The van der Waals surface area contributed by atoms with Crippen LogP contribution < -0.4 is 9.64 Å². The second kappa shape index (κ2) is 23.0. The quantitative estimate of drug-likeness (QED) is 0.0302. The number of methoxy groups -OCH3 is 2. The van der Waals surface area contributed by atoms with Gasteiger partial charge in [-0.3, -0.25) is 39.0 Å². The van der Waals surface area contributed by atoms with Crippen LogP contribution in [0.2, 0.25) is 0 Å². The topological polar surface area (TPSA) is 222 Å². The lowest BCUT2D eigenvalue weighted by Gasteiger charge is -2.46. The van der Waals surface area contributed by atoms with E-state index in [1.807, 2.05) is 65.6 Å². The van der Waals surface area contributed by atoms with Gasteiger partial charge in [-0.05, 0) is 83.1 Å². The van der Waals surface area contributed by atoms with E-state index in [2.05, 4.69) is 11.8 Å². The summed E-state index contributed by atoms with van der Waals surface area (Å²) in [7, 11) is 2.27. The van der Waals surface area contributed by atoms with Gasteiger partial charge in [0.1, 0.15) is 36.5 Å². The highest BCUT2D eigenvalue weighted by Gasteiger charge is 2.76. The Balaban J connectivity index is 1.31. The fourth-order valence-electron chi connectivity index (χ4n) is 11.2. The highest BCUT2D eigenvalue weighted by Crippen LogP contribution is 2.66. The van der Waals surface area contributed by atoms with Crippen LogP contribution in [-0.2, 0) is 54.9 Å². The molecule has 0 saturated carbocycles. The number of nitro groups is 1. The van der Waals surface area contributed by atoms with Crippen LogP contribution in [0.5, 0.6) is 5.75 Å². The van der Waals surface area contributed by atoms with Crippen molar-refractivity contribution >= 4 is 47.2 Å². The Morgan fingerprint density at radius 3 is 2.04 bits per heavy atom. The molecule has 392 valence electrons. The molecule has 76 heavy (non-hydrogen) atoms. The molecule has 4 aliphatic heterocycles. The molecule has 0 radical (unpaired) electrons. The molecule has 18 nitrogen and oxygen atoms in total. The Labute approximate surface area is 438 Å². The van der Waals surface area contributed by atoms with Crippen LogP contribution in [0.3, 0.4) is 0 Å². The van der Waals surface area contributed by atoms with E-state index in [0.29, 0.717) is 53.9 Å². The van der Waals surface area contributed by atoms with Crippen LogP contribution in [0.1, 0.15) is 90.1 Å². The molecule has 9 rings (SSSR count). The average Bonchev–Trinajstić information content (AvgIpc) is 4.04. The van der Waals surface area contributed by atoms with Crippen molar-refractivity contribution in [1.29, 1.82) is 0 Å². The molecular formula is C58H56N4O14. The standard InChI is InChI=1S/C58H56N4O14/c1-72-53(65)44(54(66)73-2)20-14-15-37-23-30-46-45(35-37)58(56(68)60(46)57(69)75-36-38-21-26-42(27-22-38)62(70)71)47(52(64)59-31-12-4-3-5-13-32-59)49-55(67)76-50(40-18-10-7-11-19-40)48(39-16-8-6-9-17-39)61(49)51(58)41-24-28-43(29-25-41)74-34-33-63/h6-11,16-19,21-30,35,44,47-51,63H,3-5,12-13,20,31-34,36H2,1-2H3. The molecule has 6 unspecified atom stereocenters. The minimum atomic E-state index is -2.16. The summed E-state index contributed by atoms with van der Waals surface area (Å²) in [5, 5.41) is 21.1. The van der Waals surface area contributed by atoms with Gasteiger partial charge in [0.15, 0.2) is 5.92 Å². The molecule has 4 heterocycles. The fraction of sp³-hybridized carbons (Fsp3) is 0.345. The maximum Gasteiger partial charge on any atom is 0.421 e. The van der Waals surface area contributed by atoms with E-state index in [9.17, 15) is 29.6 Å². The molecule has 3 amide bonds. The Kier molecular flexibility index (Phi) is 15.9. The number of aliphatic hydroxyl groups excluding tert-OH is 1. The van der Waals surface area contributed by atoms with Gasteiger partial charge in [0.25, 0.3) is 5.69 Å². The molecular weight excluding hydrogens is 977 g/mol. The van der Waals surface area contributed by atoms with Crippen molar-refractivity contribution in [3.63, 3.8) is 0 Å². The lowest BCUT2D eigenvalue weighted by atomic mass is 9.64. The SMILES string of the molecule is COC(=O)C(CC#Cc1ccc2c(c1)C1(C(=O)N2C(=O)OCc2ccc([N+](=O)[O-])cc2)C(C(=O)N2CCCCCCC2)C2C(=O)OC(c3ccccc3)C(c3ccccc3)N2C1c1ccc(OCCO)cc1)C(=O)OC. The minimum absolute atomic E-state index is 0.0133. The van der Waals surface area contributed by atoms with Crippen molar-refractivity contribution in [2.45, 2.75) is 74.8 Å². The van der Waals surface area contributed by atoms with Crippen LogP contribution in [0, 0.1) is 33.8 Å².